The summed E-state index contributed by atoms with van der Waals surface area (Å²) in [5.41, 5.74) is 1.08. The van der Waals surface area contributed by atoms with Crippen LogP contribution in [-0.4, -0.2) is 131 Å². The highest BCUT2D eigenvalue weighted by atomic mass is 16.5. The number of rotatable bonds is 3. The Labute approximate surface area is 234 Å². The molecule has 1 aromatic rings. The molecule has 1 aromatic carbocycles. The predicted molar refractivity (Wildman–Crippen MR) is 144 cm³/mol. The van der Waals surface area contributed by atoms with E-state index in [1.54, 1.807) is 4.90 Å². The summed E-state index contributed by atoms with van der Waals surface area (Å²) < 4.78 is 11.9. The lowest BCUT2D eigenvalue weighted by Gasteiger charge is -2.38. The Balaban J connectivity index is 1.41. The molecular formula is C28H41N5O7. The molecule has 4 N–H and O–H groups in total. The first kappa shape index (κ1) is 28.7. The fourth-order valence-electron chi connectivity index (χ4n) is 6.15. The lowest BCUT2D eigenvalue weighted by atomic mass is 10.0. The van der Waals surface area contributed by atoms with Crippen molar-refractivity contribution in [3.63, 3.8) is 0 Å². The van der Waals surface area contributed by atoms with Gasteiger partial charge in [-0.15, -0.1) is 0 Å². The Morgan fingerprint density at radius 2 is 1.82 bits per heavy atom. The molecule has 0 radical (unpaired) electrons. The van der Waals surface area contributed by atoms with Gasteiger partial charge in [0.2, 0.25) is 11.8 Å². The van der Waals surface area contributed by atoms with E-state index in [-0.39, 0.29) is 49.4 Å². The molecule has 0 unspecified atom stereocenters. The summed E-state index contributed by atoms with van der Waals surface area (Å²) in [6, 6.07) is 8.77. The molecule has 12 heteroatoms. The molecule has 4 fully saturated rings. The summed E-state index contributed by atoms with van der Waals surface area (Å²) in [5.74, 6) is -0.330. The molecule has 4 aliphatic heterocycles. The average molecular weight is 560 g/mol. The van der Waals surface area contributed by atoms with Crippen molar-refractivity contribution < 1.29 is 34.1 Å². The van der Waals surface area contributed by atoms with Gasteiger partial charge in [-0.25, -0.2) is 4.79 Å². The molecule has 4 amide bonds. The third kappa shape index (κ3) is 6.58. The molecule has 4 heterocycles. The van der Waals surface area contributed by atoms with Gasteiger partial charge in [0, 0.05) is 38.3 Å². The summed E-state index contributed by atoms with van der Waals surface area (Å²) >= 11 is 0. The molecule has 40 heavy (non-hydrogen) atoms. The number of hydrogen-bond acceptors (Lipinski definition) is 8. The van der Waals surface area contributed by atoms with E-state index < -0.39 is 36.6 Å². The van der Waals surface area contributed by atoms with Crippen LogP contribution in [-0.2, 0) is 25.6 Å². The van der Waals surface area contributed by atoms with Crippen LogP contribution in [0.5, 0.6) is 0 Å². The second kappa shape index (κ2) is 12.4. The van der Waals surface area contributed by atoms with Gasteiger partial charge in [-0.1, -0.05) is 30.3 Å². The van der Waals surface area contributed by atoms with Gasteiger partial charge in [-0.05, 0) is 25.8 Å². The van der Waals surface area contributed by atoms with Gasteiger partial charge in [0.25, 0.3) is 0 Å². The van der Waals surface area contributed by atoms with E-state index in [9.17, 15) is 24.6 Å². The number of ether oxygens (including phenoxy) is 2. The van der Waals surface area contributed by atoms with Gasteiger partial charge >= 0.3 is 6.03 Å². The van der Waals surface area contributed by atoms with Crippen LogP contribution in [0.25, 0.3) is 0 Å². The van der Waals surface area contributed by atoms with Gasteiger partial charge in [-0.3, -0.25) is 14.5 Å². The van der Waals surface area contributed by atoms with Crippen LogP contribution < -0.4 is 10.6 Å². The van der Waals surface area contributed by atoms with E-state index in [0.29, 0.717) is 39.2 Å². The lowest BCUT2D eigenvalue weighted by molar-refractivity contribution is -0.144. The van der Waals surface area contributed by atoms with Crippen molar-refractivity contribution in [3.8, 4) is 0 Å². The first-order valence-corrected chi connectivity index (χ1v) is 14.2. The molecule has 0 spiro atoms. The van der Waals surface area contributed by atoms with Crippen molar-refractivity contribution >= 4 is 17.8 Å². The van der Waals surface area contributed by atoms with E-state index in [0.717, 1.165) is 5.56 Å². The minimum Gasteiger partial charge on any atom is -0.388 e. The van der Waals surface area contributed by atoms with Gasteiger partial charge in [0.05, 0.1) is 44.4 Å². The third-order valence-electron chi connectivity index (χ3n) is 8.10. The smallest absolute Gasteiger partial charge is 0.317 e. The molecule has 5 rings (SSSR count). The molecule has 0 aromatic heterocycles. The maximum Gasteiger partial charge on any atom is 0.317 e. The van der Waals surface area contributed by atoms with E-state index in [4.69, 9.17) is 9.47 Å². The second-order valence-electron chi connectivity index (χ2n) is 11.6. The van der Waals surface area contributed by atoms with Crippen molar-refractivity contribution in [3.05, 3.63) is 35.9 Å². The average Bonchev–Trinajstić information content (AvgIpc) is 3.42. The molecular weight excluding hydrogens is 518 g/mol. The predicted octanol–water partition coefficient (Wildman–Crippen LogP) is -0.714. The Morgan fingerprint density at radius 3 is 2.58 bits per heavy atom. The number of nitrogens with zero attached hydrogens (tertiary/aromatic N) is 3. The highest BCUT2D eigenvalue weighted by Gasteiger charge is 2.46. The number of morpholine rings is 1. The number of likely N-dealkylation sites (tertiary alicyclic amines) is 1. The minimum absolute atomic E-state index is 0.00118. The number of carbonyl (C=O) groups is 3. The van der Waals surface area contributed by atoms with Crippen LogP contribution in [0.4, 0.5) is 4.79 Å². The number of hydrogen-bond donors (Lipinski definition) is 4. The van der Waals surface area contributed by atoms with Crippen molar-refractivity contribution in [2.24, 2.45) is 0 Å². The Bertz CT molecular complexity index is 1060. The van der Waals surface area contributed by atoms with Crippen molar-refractivity contribution in [2.75, 3.05) is 39.3 Å². The largest absolute Gasteiger partial charge is 0.388 e. The van der Waals surface area contributed by atoms with Gasteiger partial charge in [0.15, 0.2) is 0 Å². The number of nitrogens with one attached hydrogen (secondary N) is 2. The highest BCUT2D eigenvalue weighted by molar-refractivity contribution is 5.83. The number of benzene rings is 1. The Morgan fingerprint density at radius 1 is 1.07 bits per heavy atom. The number of carbonyl (C=O) groups excluding carboxylic acids is 3. The highest BCUT2D eigenvalue weighted by Crippen LogP contribution is 2.27. The van der Waals surface area contributed by atoms with Gasteiger partial charge < -0.3 is 40.1 Å². The zero-order chi connectivity index (χ0) is 28.4. The zero-order valence-corrected chi connectivity index (χ0v) is 23.1. The minimum atomic E-state index is -1.27. The van der Waals surface area contributed by atoms with E-state index in [2.05, 4.69) is 15.5 Å². The lowest BCUT2D eigenvalue weighted by Crippen LogP contribution is -2.56. The van der Waals surface area contributed by atoms with Crippen LogP contribution in [0.2, 0.25) is 0 Å². The second-order valence-corrected chi connectivity index (χ2v) is 11.6. The fourth-order valence-corrected chi connectivity index (χ4v) is 6.15. The first-order chi connectivity index (χ1) is 19.2. The topological polar surface area (TPSA) is 144 Å². The number of fused-ring (bicyclic) bond motifs is 6. The van der Waals surface area contributed by atoms with E-state index in [1.807, 2.05) is 44.2 Å². The number of aliphatic hydroxyl groups is 2. The molecule has 0 saturated carbocycles. The Kier molecular flexibility index (Phi) is 8.91. The van der Waals surface area contributed by atoms with Crippen molar-refractivity contribution in [1.29, 1.82) is 0 Å². The molecule has 6 bridgehead atoms. The Hall–Kier alpha value is -2.77. The maximum atomic E-state index is 13.9. The number of urea groups is 1. The van der Waals surface area contributed by atoms with Crippen molar-refractivity contribution in [2.45, 2.75) is 81.9 Å². The van der Waals surface area contributed by atoms with Crippen LogP contribution in [0.3, 0.4) is 0 Å². The summed E-state index contributed by atoms with van der Waals surface area (Å²) in [5, 5.41) is 27.3. The van der Waals surface area contributed by atoms with Crippen LogP contribution in [0.1, 0.15) is 32.3 Å². The summed E-state index contributed by atoms with van der Waals surface area (Å²) in [6.45, 7) is 6.05. The molecule has 220 valence electrons. The van der Waals surface area contributed by atoms with E-state index in [1.165, 1.54) is 4.90 Å². The number of aliphatic hydroxyl groups excluding tert-OH is 2. The zero-order valence-electron chi connectivity index (χ0n) is 23.1. The fraction of sp³-hybridized carbons (Fsp3) is 0.679. The standard InChI is InChI=1S/C28H41N5O7/c1-17(2)29-28(38)33-15-20-14-31(8-9-39-20)27(37)21-10-19(13-32(21)12-18-6-4-3-5-7-18)30-24(34)11-22-25(35)26(36)23(16-33)40-22/h3-7,17,19-23,25-26,35-36H,8-16H2,1-2H3,(H,29,38)(H,30,34)/t19-,20-,21-,22-,23+,25-,26+/m0/s1. The monoisotopic (exact) mass is 559 g/mol. The summed E-state index contributed by atoms with van der Waals surface area (Å²) in [6.07, 6.45) is -4.43. The maximum absolute atomic E-state index is 13.9. The van der Waals surface area contributed by atoms with Crippen LogP contribution >= 0.6 is 0 Å². The molecule has 7 atom stereocenters. The normalized spacial score (nSPS) is 33.8. The molecule has 0 aliphatic carbocycles. The quantitative estimate of drug-likeness (QED) is 0.380. The van der Waals surface area contributed by atoms with E-state index >= 15 is 0 Å². The SMILES string of the molecule is CC(C)NC(=O)N1C[C@@H]2CN(CCO2)C(=O)[C@@H]2C[C@@H](CN2Cc2ccccc2)NC(=O)C[C@@H]2O[C@H](C1)[C@@H](O)[C@H]2O. The third-order valence-corrected chi connectivity index (χ3v) is 8.10. The number of amides is 4. The summed E-state index contributed by atoms with van der Waals surface area (Å²) in [7, 11) is 0. The summed E-state index contributed by atoms with van der Waals surface area (Å²) in [4.78, 5) is 45.4. The van der Waals surface area contributed by atoms with Gasteiger partial charge in [-0.2, -0.15) is 0 Å². The molecule has 4 aliphatic rings. The van der Waals surface area contributed by atoms with Crippen LogP contribution in [0.15, 0.2) is 30.3 Å². The van der Waals surface area contributed by atoms with Gasteiger partial charge in [0.1, 0.15) is 18.3 Å². The van der Waals surface area contributed by atoms with Crippen molar-refractivity contribution in [1.82, 2.24) is 25.3 Å². The first-order valence-electron chi connectivity index (χ1n) is 14.2. The van der Waals surface area contributed by atoms with Crippen LogP contribution in [0, 0.1) is 0 Å². The molecule has 4 saturated heterocycles. The molecule has 12 nitrogen and oxygen atoms in total.